The van der Waals surface area contributed by atoms with Crippen LogP contribution in [0.25, 0.3) is 22.0 Å². The van der Waals surface area contributed by atoms with Crippen LogP contribution in [0.1, 0.15) is 0 Å². The van der Waals surface area contributed by atoms with E-state index in [1.165, 1.54) is 24.5 Å². The second-order valence-corrected chi connectivity index (χ2v) is 4.45. The first-order valence-corrected chi connectivity index (χ1v) is 6.12. The molecule has 3 N–H and O–H groups in total. The van der Waals surface area contributed by atoms with Gasteiger partial charge < -0.3 is 5.11 Å². The van der Waals surface area contributed by atoms with Crippen molar-refractivity contribution in [3.05, 3.63) is 46.8 Å². The maximum atomic E-state index is 11.1. The summed E-state index contributed by atoms with van der Waals surface area (Å²) in [6.45, 7) is 0. The maximum absolute atomic E-state index is 11.1. The van der Waals surface area contributed by atoms with E-state index in [1.807, 2.05) is 0 Å². The molecule has 9 heteroatoms. The molecule has 3 aromatic rings. The number of hydrogen-bond acceptors (Lipinski definition) is 5. The number of aromatic nitrogens is 3. The number of nitrogens with one attached hydrogen (secondary N) is 2. The van der Waals surface area contributed by atoms with Gasteiger partial charge in [-0.1, -0.05) is 0 Å². The van der Waals surface area contributed by atoms with Crippen molar-refractivity contribution in [3.8, 4) is 11.1 Å². The van der Waals surface area contributed by atoms with Gasteiger partial charge in [0.05, 0.1) is 11.1 Å². The van der Waals surface area contributed by atoms with E-state index in [2.05, 4.69) is 20.5 Å². The van der Waals surface area contributed by atoms with Crippen molar-refractivity contribution in [1.29, 1.82) is 0 Å². The lowest BCUT2D eigenvalue weighted by Gasteiger charge is -2.04. The van der Waals surface area contributed by atoms with Gasteiger partial charge in [-0.25, -0.2) is 9.78 Å². The molecule has 0 aliphatic carbocycles. The SMILES string of the molecule is O=C(O)Nc1ccc(-c2cc([N+](=O)[O-])c3[nH]ncc3c2)cn1. The fourth-order valence-corrected chi connectivity index (χ4v) is 2.10. The van der Waals surface area contributed by atoms with Gasteiger partial charge in [-0.3, -0.25) is 20.5 Å². The molecule has 0 spiro atoms. The van der Waals surface area contributed by atoms with Gasteiger partial charge in [-0.2, -0.15) is 5.10 Å². The van der Waals surface area contributed by atoms with Crippen molar-refractivity contribution in [2.24, 2.45) is 0 Å². The van der Waals surface area contributed by atoms with Crippen molar-refractivity contribution >= 4 is 28.5 Å². The summed E-state index contributed by atoms with van der Waals surface area (Å²) in [5.74, 6) is 0.176. The van der Waals surface area contributed by atoms with E-state index >= 15 is 0 Å². The van der Waals surface area contributed by atoms with E-state index in [0.29, 0.717) is 22.0 Å². The number of carboxylic acid groups (broad SMARTS) is 1. The Labute approximate surface area is 122 Å². The monoisotopic (exact) mass is 299 g/mol. The minimum atomic E-state index is -1.21. The lowest BCUT2D eigenvalue weighted by Crippen LogP contribution is -2.08. The quantitative estimate of drug-likeness (QED) is 0.502. The highest BCUT2D eigenvalue weighted by atomic mass is 16.6. The average Bonchev–Trinajstić information content (AvgIpc) is 2.94. The number of benzene rings is 1. The number of H-pyrrole nitrogens is 1. The first-order chi connectivity index (χ1) is 10.5. The lowest BCUT2D eigenvalue weighted by atomic mass is 10.0. The summed E-state index contributed by atoms with van der Waals surface area (Å²) in [7, 11) is 0. The fourth-order valence-electron chi connectivity index (χ4n) is 2.10. The predicted octanol–water partition coefficient (Wildman–Crippen LogP) is 2.62. The van der Waals surface area contributed by atoms with Crippen LogP contribution < -0.4 is 5.32 Å². The summed E-state index contributed by atoms with van der Waals surface area (Å²) in [5.41, 5.74) is 1.49. The van der Waals surface area contributed by atoms with Gasteiger partial charge in [-0.15, -0.1) is 0 Å². The van der Waals surface area contributed by atoms with Crippen LogP contribution in [-0.4, -0.2) is 31.3 Å². The number of amides is 1. The van der Waals surface area contributed by atoms with Gasteiger partial charge in [0, 0.05) is 23.2 Å². The summed E-state index contributed by atoms with van der Waals surface area (Å²) in [4.78, 5) is 25.1. The number of carbonyl (C=O) groups is 1. The van der Waals surface area contributed by atoms with Crippen LogP contribution in [0.2, 0.25) is 0 Å². The molecule has 0 fully saturated rings. The Bertz CT molecular complexity index is 872. The number of nitro benzene ring substituents is 1. The molecule has 3 rings (SSSR count). The molecule has 0 saturated heterocycles. The van der Waals surface area contributed by atoms with E-state index in [0.717, 1.165) is 0 Å². The number of anilines is 1. The van der Waals surface area contributed by atoms with E-state index in [-0.39, 0.29) is 11.5 Å². The maximum Gasteiger partial charge on any atom is 0.410 e. The van der Waals surface area contributed by atoms with Gasteiger partial charge in [0.15, 0.2) is 0 Å². The fraction of sp³-hybridized carbons (Fsp3) is 0. The third-order valence-electron chi connectivity index (χ3n) is 3.06. The average molecular weight is 299 g/mol. The van der Waals surface area contributed by atoms with Crippen molar-refractivity contribution < 1.29 is 14.8 Å². The Kier molecular flexibility index (Phi) is 3.14. The molecule has 0 bridgehead atoms. The van der Waals surface area contributed by atoms with Crippen LogP contribution in [-0.2, 0) is 0 Å². The highest BCUT2D eigenvalue weighted by Gasteiger charge is 2.16. The number of nitro groups is 1. The van der Waals surface area contributed by atoms with Gasteiger partial charge >= 0.3 is 6.09 Å². The first-order valence-electron chi connectivity index (χ1n) is 6.12. The summed E-state index contributed by atoms with van der Waals surface area (Å²) in [6, 6.07) is 6.27. The summed E-state index contributed by atoms with van der Waals surface area (Å²) in [5, 5.41) is 28.9. The van der Waals surface area contributed by atoms with Gasteiger partial charge in [-0.05, 0) is 23.8 Å². The predicted molar refractivity (Wildman–Crippen MR) is 77.6 cm³/mol. The Morgan fingerprint density at radius 1 is 1.27 bits per heavy atom. The lowest BCUT2D eigenvalue weighted by molar-refractivity contribution is -0.383. The zero-order valence-corrected chi connectivity index (χ0v) is 11.0. The van der Waals surface area contributed by atoms with Crippen molar-refractivity contribution in [2.75, 3.05) is 5.32 Å². The molecule has 0 unspecified atom stereocenters. The highest BCUT2D eigenvalue weighted by molar-refractivity contribution is 5.91. The number of nitrogens with zero attached hydrogens (tertiary/aromatic N) is 3. The van der Waals surface area contributed by atoms with Crippen LogP contribution in [0.15, 0.2) is 36.7 Å². The summed E-state index contributed by atoms with van der Waals surface area (Å²) in [6.07, 6.45) is 1.73. The van der Waals surface area contributed by atoms with Gasteiger partial charge in [0.1, 0.15) is 11.3 Å². The molecule has 2 heterocycles. The Balaban J connectivity index is 2.06. The second-order valence-electron chi connectivity index (χ2n) is 4.45. The zero-order chi connectivity index (χ0) is 15.7. The third-order valence-corrected chi connectivity index (χ3v) is 3.06. The van der Waals surface area contributed by atoms with Gasteiger partial charge in [0.2, 0.25) is 0 Å². The van der Waals surface area contributed by atoms with Crippen molar-refractivity contribution in [2.45, 2.75) is 0 Å². The number of pyridine rings is 1. The molecule has 1 amide bonds. The molecule has 0 atom stereocenters. The molecular weight excluding hydrogens is 290 g/mol. The van der Waals surface area contributed by atoms with Crippen LogP contribution in [0, 0.1) is 10.1 Å². The third kappa shape index (κ3) is 2.42. The normalized spacial score (nSPS) is 10.5. The zero-order valence-electron chi connectivity index (χ0n) is 11.0. The molecule has 0 radical (unpaired) electrons. The minimum Gasteiger partial charge on any atom is -0.465 e. The smallest absolute Gasteiger partial charge is 0.410 e. The highest BCUT2D eigenvalue weighted by Crippen LogP contribution is 2.31. The van der Waals surface area contributed by atoms with E-state index in [4.69, 9.17) is 5.11 Å². The second kappa shape index (κ2) is 5.13. The molecule has 1 aromatic carbocycles. The standard InChI is InChI=1S/C13H9N5O4/c19-13(20)16-11-2-1-7(5-14-11)8-3-9-6-15-17-12(9)10(4-8)18(21)22/h1-6H,(H,14,16)(H,15,17)(H,19,20). The number of hydrogen-bond donors (Lipinski definition) is 3. The Morgan fingerprint density at radius 2 is 2.09 bits per heavy atom. The molecular formula is C13H9N5O4. The topological polar surface area (TPSA) is 134 Å². The van der Waals surface area contributed by atoms with Crippen molar-refractivity contribution in [1.82, 2.24) is 15.2 Å². The number of non-ortho nitro benzene ring substituents is 1. The van der Waals surface area contributed by atoms with E-state index < -0.39 is 11.0 Å². The molecule has 9 nitrogen and oxygen atoms in total. The Hall–Kier alpha value is -3.49. The molecule has 22 heavy (non-hydrogen) atoms. The van der Waals surface area contributed by atoms with Gasteiger partial charge in [0.25, 0.3) is 5.69 Å². The number of aromatic amines is 1. The molecule has 0 saturated carbocycles. The largest absolute Gasteiger partial charge is 0.465 e. The molecule has 0 aliphatic heterocycles. The van der Waals surface area contributed by atoms with Crippen LogP contribution in [0.5, 0.6) is 0 Å². The molecule has 0 aliphatic rings. The number of rotatable bonds is 3. The summed E-state index contributed by atoms with van der Waals surface area (Å²) >= 11 is 0. The first kappa shape index (κ1) is 13.5. The van der Waals surface area contributed by atoms with Crippen LogP contribution >= 0.6 is 0 Å². The van der Waals surface area contributed by atoms with E-state index in [1.54, 1.807) is 12.1 Å². The van der Waals surface area contributed by atoms with E-state index in [9.17, 15) is 14.9 Å². The van der Waals surface area contributed by atoms with Crippen LogP contribution in [0.4, 0.5) is 16.3 Å². The summed E-state index contributed by atoms with van der Waals surface area (Å²) < 4.78 is 0. The number of fused-ring (bicyclic) bond motifs is 1. The Morgan fingerprint density at radius 3 is 2.73 bits per heavy atom. The molecule has 110 valence electrons. The van der Waals surface area contributed by atoms with Crippen molar-refractivity contribution in [3.63, 3.8) is 0 Å². The minimum absolute atomic E-state index is 0.0854. The van der Waals surface area contributed by atoms with Crippen LogP contribution in [0.3, 0.4) is 0 Å². The molecule has 2 aromatic heterocycles.